The molecule has 4 rings (SSSR count). The lowest BCUT2D eigenvalue weighted by Crippen LogP contribution is -2.44. The molecule has 124 valence electrons. The quantitative estimate of drug-likeness (QED) is 0.853. The van der Waals surface area contributed by atoms with Gasteiger partial charge in [-0.2, -0.15) is 0 Å². The Kier molecular flexibility index (Phi) is 4.00. The predicted molar refractivity (Wildman–Crippen MR) is 92.2 cm³/mol. The molecule has 24 heavy (non-hydrogen) atoms. The van der Waals surface area contributed by atoms with Gasteiger partial charge in [-0.1, -0.05) is 12.1 Å². The lowest BCUT2D eigenvalue weighted by Gasteiger charge is -2.34. The molecule has 0 amide bonds. The minimum Gasteiger partial charge on any atom is -0.369 e. The van der Waals surface area contributed by atoms with Crippen molar-refractivity contribution in [1.29, 1.82) is 0 Å². The van der Waals surface area contributed by atoms with E-state index in [1.807, 2.05) is 18.2 Å². The molecule has 1 aromatic carbocycles. The zero-order valence-corrected chi connectivity index (χ0v) is 13.8. The summed E-state index contributed by atoms with van der Waals surface area (Å²) in [5, 5.41) is 3.22. The molecule has 2 aromatic rings. The minimum absolute atomic E-state index is 0.110. The molecular weight excluding hydrogens is 302 g/mol. The Labute approximate surface area is 141 Å². The van der Waals surface area contributed by atoms with Crippen LogP contribution < -0.4 is 10.2 Å². The van der Waals surface area contributed by atoms with Gasteiger partial charge in [-0.25, -0.2) is 9.97 Å². The standard InChI is InChI=1S/C18H21N5O/c1-22-5-7-23(8-6-22)15-4-2-3-13(9-15)17(24)18-20-11-14-10-19-12-16(14)21-18/h2-4,9,11,19H,5-8,10,12H2,1H3. The summed E-state index contributed by atoms with van der Waals surface area (Å²) in [6, 6.07) is 7.81. The van der Waals surface area contributed by atoms with E-state index in [4.69, 9.17) is 0 Å². The summed E-state index contributed by atoms with van der Waals surface area (Å²) < 4.78 is 0. The Bertz CT molecular complexity index is 768. The normalized spacial score (nSPS) is 17.8. The molecule has 0 bridgehead atoms. The van der Waals surface area contributed by atoms with Crippen LogP contribution in [0.15, 0.2) is 30.5 Å². The molecule has 6 nitrogen and oxygen atoms in total. The summed E-state index contributed by atoms with van der Waals surface area (Å²) in [5.74, 6) is 0.175. The highest BCUT2D eigenvalue weighted by molar-refractivity contribution is 6.07. The van der Waals surface area contributed by atoms with Crippen LogP contribution in [0.4, 0.5) is 5.69 Å². The number of carbonyl (C=O) groups excluding carboxylic acids is 1. The van der Waals surface area contributed by atoms with Gasteiger partial charge in [0.2, 0.25) is 11.6 Å². The molecule has 0 aliphatic carbocycles. The first-order valence-corrected chi connectivity index (χ1v) is 8.34. The summed E-state index contributed by atoms with van der Waals surface area (Å²) >= 11 is 0. The van der Waals surface area contributed by atoms with Gasteiger partial charge in [0.1, 0.15) is 0 Å². The topological polar surface area (TPSA) is 61.4 Å². The van der Waals surface area contributed by atoms with E-state index >= 15 is 0 Å². The van der Waals surface area contributed by atoms with Gasteiger partial charge in [-0.05, 0) is 19.2 Å². The Morgan fingerprint density at radius 2 is 2.00 bits per heavy atom. The predicted octanol–water partition coefficient (Wildman–Crippen LogP) is 1.06. The molecule has 2 aliphatic heterocycles. The Balaban J connectivity index is 1.57. The summed E-state index contributed by atoms with van der Waals surface area (Å²) in [6.07, 6.45) is 1.76. The van der Waals surface area contributed by atoms with Crippen LogP contribution in [-0.2, 0) is 13.1 Å². The first-order chi connectivity index (χ1) is 11.7. The number of ketones is 1. The SMILES string of the molecule is CN1CCN(c2cccc(C(=O)c3ncc4c(n3)CNC4)c2)CC1. The fourth-order valence-electron chi connectivity index (χ4n) is 3.21. The monoisotopic (exact) mass is 323 g/mol. The zero-order chi connectivity index (χ0) is 16.5. The zero-order valence-electron chi connectivity index (χ0n) is 13.8. The van der Waals surface area contributed by atoms with Crippen molar-refractivity contribution in [3.05, 3.63) is 53.1 Å². The average molecular weight is 323 g/mol. The number of nitrogens with one attached hydrogen (secondary N) is 1. The third-order valence-corrected chi connectivity index (χ3v) is 4.74. The van der Waals surface area contributed by atoms with E-state index in [0.29, 0.717) is 12.1 Å². The Hall–Kier alpha value is -2.31. The minimum atomic E-state index is -0.110. The molecule has 0 radical (unpaired) electrons. The van der Waals surface area contributed by atoms with Crippen molar-refractivity contribution in [2.75, 3.05) is 38.1 Å². The van der Waals surface area contributed by atoms with Crippen LogP contribution in [0.1, 0.15) is 27.4 Å². The van der Waals surface area contributed by atoms with E-state index in [1.54, 1.807) is 6.20 Å². The second-order valence-corrected chi connectivity index (χ2v) is 6.44. The number of benzene rings is 1. The molecular formula is C18H21N5O. The third-order valence-electron chi connectivity index (χ3n) is 4.74. The van der Waals surface area contributed by atoms with E-state index in [-0.39, 0.29) is 11.6 Å². The van der Waals surface area contributed by atoms with Crippen molar-refractivity contribution < 1.29 is 4.79 Å². The van der Waals surface area contributed by atoms with Crippen LogP contribution in [0.3, 0.4) is 0 Å². The number of carbonyl (C=O) groups is 1. The molecule has 1 saturated heterocycles. The molecule has 0 atom stereocenters. The first kappa shape index (κ1) is 15.2. The molecule has 0 spiro atoms. The van der Waals surface area contributed by atoms with Crippen molar-refractivity contribution in [3.8, 4) is 0 Å². The second kappa shape index (κ2) is 6.30. The maximum atomic E-state index is 12.8. The molecule has 2 aliphatic rings. The molecule has 0 saturated carbocycles. The average Bonchev–Trinajstić information content (AvgIpc) is 3.09. The van der Waals surface area contributed by atoms with Crippen LogP contribution in [0.25, 0.3) is 0 Å². The molecule has 0 unspecified atom stereocenters. The number of rotatable bonds is 3. The molecule has 1 fully saturated rings. The highest BCUT2D eigenvalue weighted by Crippen LogP contribution is 2.20. The fourth-order valence-corrected chi connectivity index (χ4v) is 3.21. The number of aromatic nitrogens is 2. The van der Waals surface area contributed by atoms with Gasteiger partial charge in [0.05, 0.1) is 5.69 Å². The highest BCUT2D eigenvalue weighted by atomic mass is 16.1. The number of hydrogen-bond acceptors (Lipinski definition) is 6. The van der Waals surface area contributed by atoms with Crippen LogP contribution in [0.5, 0.6) is 0 Å². The van der Waals surface area contributed by atoms with E-state index in [0.717, 1.165) is 49.7 Å². The lowest BCUT2D eigenvalue weighted by molar-refractivity contribution is 0.102. The molecule has 6 heteroatoms. The van der Waals surface area contributed by atoms with Gasteiger partial charge in [0.25, 0.3) is 0 Å². The maximum Gasteiger partial charge on any atom is 0.230 e. The number of fused-ring (bicyclic) bond motifs is 1. The van der Waals surface area contributed by atoms with Crippen LogP contribution in [0, 0.1) is 0 Å². The van der Waals surface area contributed by atoms with Gasteiger partial charge in [-0.3, -0.25) is 4.79 Å². The van der Waals surface area contributed by atoms with E-state index in [9.17, 15) is 4.79 Å². The van der Waals surface area contributed by atoms with Crippen LogP contribution in [-0.4, -0.2) is 53.9 Å². The summed E-state index contributed by atoms with van der Waals surface area (Å²) in [5.41, 5.74) is 3.76. The number of nitrogens with zero attached hydrogens (tertiary/aromatic N) is 4. The summed E-state index contributed by atoms with van der Waals surface area (Å²) in [6.45, 7) is 5.53. The number of piperazine rings is 1. The third kappa shape index (κ3) is 2.90. The summed E-state index contributed by atoms with van der Waals surface area (Å²) in [7, 11) is 2.14. The highest BCUT2D eigenvalue weighted by Gasteiger charge is 2.19. The molecule has 1 aromatic heterocycles. The van der Waals surface area contributed by atoms with Crippen molar-refractivity contribution >= 4 is 11.5 Å². The second-order valence-electron chi connectivity index (χ2n) is 6.44. The van der Waals surface area contributed by atoms with Crippen molar-refractivity contribution in [2.24, 2.45) is 0 Å². The first-order valence-electron chi connectivity index (χ1n) is 8.34. The summed E-state index contributed by atoms with van der Waals surface area (Å²) in [4.78, 5) is 26.1. The Morgan fingerprint density at radius 3 is 2.83 bits per heavy atom. The van der Waals surface area contributed by atoms with E-state index in [2.05, 4.69) is 38.2 Å². The Morgan fingerprint density at radius 1 is 1.17 bits per heavy atom. The van der Waals surface area contributed by atoms with Gasteiger partial charge in [0.15, 0.2) is 0 Å². The number of hydrogen-bond donors (Lipinski definition) is 1. The largest absolute Gasteiger partial charge is 0.369 e. The van der Waals surface area contributed by atoms with Crippen molar-refractivity contribution in [2.45, 2.75) is 13.1 Å². The van der Waals surface area contributed by atoms with Crippen molar-refractivity contribution in [3.63, 3.8) is 0 Å². The lowest BCUT2D eigenvalue weighted by atomic mass is 10.1. The smallest absolute Gasteiger partial charge is 0.230 e. The number of likely N-dealkylation sites (N-methyl/N-ethyl adjacent to an activating group) is 1. The fraction of sp³-hybridized carbons (Fsp3) is 0.389. The van der Waals surface area contributed by atoms with Gasteiger partial charge < -0.3 is 15.1 Å². The van der Waals surface area contributed by atoms with Crippen LogP contribution in [0.2, 0.25) is 0 Å². The van der Waals surface area contributed by atoms with Crippen molar-refractivity contribution in [1.82, 2.24) is 20.2 Å². The van der Waals surface area contributed by atoms with E-state index in [1.165, 1.54) is 0 Å². The molecule has 1 N–H and O–H groups in total. The van der Waals surface area contributed by atoms with Gasteiger partial charge in [0, 0.05) is 62.3 Å². The van der Waals surface area contributed by atoms with Gasteiger partial charge in [-0.15, -0.1) is 0 Å². The molecule has 3 heterocycles. The number of anilines is 1. The van der Waals surface area contributed by atoms with Crippen LogP contribution >= 0.6 is 0 Å². The van der Waals surface area contributed by atoms with E-state index < -0.39 is 0 Å². The van der Waals surface area contributed by atoms with Gasteiger partial charge >= 0.3 is 0 Å². The maximum absolute atomic E-state index is 12.8.